The lowest BCUT2D eigenvalue weighted by Gasteiger charge is -2.22. The molecule has 1 amide bonds. The van der Waals surface area contributed by atoms with E-state index in [4.69, 9.17) is 21.1 Å². The topological polar surface area (TPSA) is 85.4 Å². The Morgan fingerprint density at radius 1 is 1.07 bits per heavy atom. The molecule has 1 aromatic heterocycles. The molecule has 1 fully saturated rings. The number of ether oxygens (including phenoxy) is 2. The molecule has 144 valence electrons. The highest BCUT2D eigenvalue weighted by Gasteiger charge is 2.16. The average Bonchev–Trinajstić information content (AvgIpc) is 2.70. The van der Waals surface area contributed by atoms with Crippen LogP contribution in [0.25, 0.3) is 0 Å². The van der Waals surface area contributed by atoms with Gasteiger partial charge in [-0.3, -0.25) is 4.79 Å². The molecule has 1 saturated carbocycles. The van der Waals surface area contributed by atoms with Gasteiger partial charge < -0.3 is 20.1 Å². The molecule has 1 aliphatic rings. The van der Waals surface area contributed by atoms with Crippen LogP contribution in [0.3, 0.4) is 0 Å². The first-order valence-corrected chi connectivity index (χ1v) is 9.31. The van der Waals surface area contributed by atoms with Crippen LogP contribution in [0.15, 0.2) is 24.3 Å². The summed E-state index contributed by atoms with van der Waals surface area (Å²) < 4.78 is 10.5. The van der Waals surface area contributed by atoms with Crippen LogP contribution in [0, 0.1) is 0 Å². The lowest BCUT2D eigenvalue weighted by atomic mass is 9.95. The van der Waals surface area contributed by atoms with E-state index < -0.39 is 5.91 Å². The molecule has 0 saturated heterocycles. The second kappa shape index (κ2) is 8.90. The quantitative estimate of drug-likeness (QED) is 0.770. The van der Waals surface area contributed by atoms with Crippen LogP contribution < -0.4 is 20.1 Å². The number of nitrogens with one attached hydrogen (secondary N) is 2. The van der Waals surface area contributed by atoms with Crippen LogP contribution in [0.2, 0.25) is 5.02 Å². The first kappa shape index (κ1) is 19.2. The zero-order valence-corrected chi connectivity index (χ0v) is 16.2. The molecule has 8 heteroatoms. The van der Waals surface area contributed by atoms with Gasteiger partial charge in [0.15, 0.2) is 5.69 Å². The van der Waals surface area contributed by atoms with Crippen molar-refractivity contribution in [3.8, 4) is 11.5 Å². The molecular formula is C19H23ClN4O3. The number of amides is 1. The number of anilines is 2. The van der Waals surface area contributed by atoms with E-state index in [1.807, 2.05) is 0 Å². The minimum absolute atomic E-state index is 0.208. The van der Waals surface area contributed by atoms with E-state index in [1.165, 1.54) is 33.5 Å². The third-order valence-corrected chi connectivity index (χ3v) is 4.87. The molecular weight excluding hydrogens is 368 g/mol. The summed E-state index contributed by atoms with van der Waals surface area (Å²) in [6.45, 7) is 0. The van der Waals surface area contributed by atoms with Crippen molar-refractivity contribution in [3.05, 3.63) is 35.0 Å². The molecule has 0 spiro atoms. The zero-order chi connectivity index (χ0) is 19.2. The number of carbonyl (C=O) groups excluding carboxylic acids is 1. The molecule has 1 aromatic carbocycles. The van der Waals surface area contributed by atoms with E-state index in [-0.39, 0.29) is 5.69 Å². The summed E-state index contributed by atoms with van der Waals surface area (Å²) in [7, 11) is 3.00. The molecule has 1 heterocycles. The monoisotopic (exact) mass is 390 g/mol. The van der Waals surface area contributed by atoms with Gasteiger partial charge in [0, 0.05) is 18.2 Å². The minimum atomic E-state index is -0.394. The third-order valence-electron chi connectivity index (χ3n) is 4.58. The fraction of sp³-hybridized carbons (Fsp3) is 0.421. The summed E-state index contributed by atoms with van der Waals surface area (Å²) in [5.74, 6) is 1.15. The fourth-order valence-electron chi connectivity index (χ4n) is 3.13. The van der Waals surface area contributed by atoms with Crippen LogP contribution in [0.5, 0.6) is 11.5 Å². The number of benzene rings is 1. The van der Waals surface area contributed by atoms with Crippen LogP contribution in [0.1, 0.15) is 42.6 Å². The Balaban J connectivity index is 1.69. The molecule has 1 aliphatic carbocycles. The maximum atomic E-state index is 12.5. The van der Waals surface area contributed by atoms with Crippen molar-refractivity contribution in [2.24, 2.45) is 0 Å². The maximum Gasteiger partial charge on any atom is 0.276 e. The Kier molecular flexibility index (Phi) is 6.34. The molecule has 7 nitrogen and oxygen atoms in total. The Hall–Kier alpha value is -2.54. The number of carbonyl (C=O) groups is 1. The van der Waals surface area contributed by atoms with E-state index in [2.05, 4.69) is 20.8 Å². The van der Waals surface area contributed by atoms with Crippen molar-refractivity contribution in [1.29, 1.82) is 0 Å². The maximum absolute atomic E-state index is 12.5. The van der Waals surface area contributed by atoms with Crippen molar-refractivity contribution in [2.45, 2.75) is 38.1 Å². The number of hydrogen-bond donors (Lipinski definition) is 2. The fourth-order valence-corrected chi connectivity index (χ4v) is 3.36. The van der Waals surface area contributed by atoms with E-state index >= 15 is 0 Å². The minimum Gasteiger partial charge on any atom is -0.495 e. The third kappa shape index (κ3) is 4.80. The Labute approximate surface area is 163 Å². The van der Waals surface area contributed by atoms with E-state index in [1.54, 1.807) is 24.3 Å². The summed E-state index contributed by atoms with van der Waals surface area (Å²) in [6, 6.07) is 7.03. The molecule has 0 atom stereocenters. The highest BCUT2D eigenvalue weighted by Crippen LogP contribution is 2.36. The van der Waals surface area contributed by atoms with E-state index in [0.717, 1.165) is 12.8 Å². The number of aromatic nitrogens is 2. The highest BCUT2D eigenvalue weighted by atomic mass is 35.5. The van der Waals surface area contributed by atoms with Gasteiger partial charge in [-0.25, -0.2) is 0 Å². The van der Waals surface area contributed by atoms with Crippen LogP contribution in [-0.4, -0.2) is 36.4 Å². The van der Waals surface area contributed by atoms with Crippen molar-refractivity contribution in [1.82, 2.24) is 10.2 Å². The van der Waals surface area contributed by atoms with Gasteiger partial charge in [-0.15, -0.1) is 10.2 Å². The molecule has 0 aliphatic heterocycles. The Morgan fingerprint density at radius 3 is 2.44 bits per heavy atom. The van der Waals surface area contributed by atoms with Gasteiger partial charge in [0.25, 0.3) is 5.91 Å². The van der Waals surface area contributed by atoms with Gasteiger partial charge in [-0.2, -0.15) is 0 Å². The lowest BCUT2D eigenvalue weighted by Crippen LogP contribution is -2.23. The first-order chi connectivity index (χ1) is 13.1. The molecule has 2 N–H and O–H groups in total. The average molecular weight is 391 g/mol. The summed E-state index contributed by atoms with van der Waals surface area (Å²) in [6.07, 6.45) is 6.04. The standard InChI is InChI=1S/C19H23ClN4O3/c1-26-16-11-15(17(27-2)10-13(16)20)22-19(25)14-8-9-18(24-23-14)21-12-6-4-3-5-7-12/h8-12H,3-7H2,1-2H3,(H,21,24)(H,22,25). The highest BCUT2D eigenvalue weighted by molar-refractivity contribution is 6.32. The molecule has 2 aromatic rings. The van der Waals surface area contributed by atoms with Crippen molar-refractivity contribution in [3.63, 3.8) is 0 Å². The predicted molar refractivity (Wildman–Crippen MR) is 105 cm³/mol. The van der Waals surface area contributed by atoms with Crippen LogP contribution in [-0.2, 0) is 0 Å². The molecule has 0 unspecified atom stereocenters. The number of rotatable bonds is 6. The van der Waals surface area contributed by atoms with Gasteiger partial charge in [0.05, 0.1) is 24.9 Å². The normalized spacial score (nSPS) is 14.5. The smallest absolute Gasteiger partial charge is 0.276 e. The van der Waals surface area contributed by atoms with Crippen LogP contribution >= 0.6 is 11.6 Å². The predicted octanol–water partition coefficient (Wildman–Crippen LogP) is 4.14. The summed E-state index contributed by atoms with van der Waals surface area (Å²) >= 11 is 6.08. The SMILES string of the molecule is COc1cc(NC(=O)c2ccc(NC3CCCCC3)nn2)c(OC)cc1Cl. The van der Waals surface area contributed by atoms with E-state index in [0.29, 0.717) is 34.1 Å². The number of methoxy groups -OCH3 is 2. The lowest BCUT2D eigenvalue weighted by molar-refractivity contribution is 0.102. The zero-order valence-electron chi connectivity index (χ0n) is 15.4. The molecule has 0 bridgehead atoms. The van der Waals surface area contributed by atoms with E-state index in [9.17, 15) is 4.79 Å². The second-order valence-corrected chi connectivity index (χ2v) is 6.83. The molecule has 27 heavy (non-hydrogen) atoms. The number of halogens is 1. The second-order valence-electron chi connectivity index (χ2n) is 6.42. The summed E-state index contributed by atoms with van der Waals surface area (Å²) in [5, 5.41) is 14.7. The number of nitrogens with zero attached hydrogens (tertiary/aromatic N) is 2. The van der Waals surface area contributed by atoms with Gasteiger partial charge in [0.1, 0.15) is 17.3 Å². The Morgan fingerprint density at radius 2 is 1.81 bits per heavy atom. The summed E-state index contributed by atoms with van der Waals surface area (Å²) in [5.41, 5.74) is 0.648. The Bertz CT molecular complexity index is 792. The molecule has 3 rings (SSSR count). The molecule has 0 radical (unpaired) electrons. The number of hydrogen-bond acceptors (Lipinski definition) is 6. The van der Waals surface area contributed by atoms with Gasteiger partial charge in [-0.1, -0.05) is 30.9 Å². The van der Waals surface area contributed by atoms with Crippen LogP contribution in [0.4, 0.5) is 11.5 Å². The first-order valence-electron chi connectivity index (χ1n) is 8.94. The van der Waals surface area contributed by atoms with Gasteiger partial charge in [0.2, 0.25) is 0 Å². The largest absolute Gasteiger partial charge is 0.495 e. The van der Waals surface area contributed by atoms with Crippen molar-refractivity contribution >= 4 is 29.0 Å². The van der Waals surface area contributed by atoms with Crippen molar-refractivity contribution < 1.29 is 14.3 Å². The van der Waals surface area contributed by atoms with Gasteiger partial charge >= 0.3 is 0 Å². The van der Waals surface area contributed by atoms with Gasteiger partial charge in [-0.05, 0) is 25.0 Å². The summed E-state index contributed by atoms with van der Waals surface area (Å²) in [4.78, 5) is 12.5. The van der Waals surface area contributed by atoms with Crippen molar-refractivity contribution in [2.75, 3.05) is 24.9 Å².